The summed E-state index contributed by atoms with van der Waals surface area (Å²) < 4.78 is 0. The van der Waals surface area contributed by atoms with Gasteiger partial charge in [-0.25, -0.2) is 0 Å². The molecule has 2 rings (SSSR count). The standard InChI is InChI=1S/C12H17ClN2/c13-11-2-1-3-12(8-11)15-6-4-10(9-14)5-7-15/h1-3,8,10H,4-7,9,14H2. The third kappa shape index (κ3) is 2.64. The molecule has 1 saturated heterocycles. The monoisotopic (exact) mass is 224 g/mol. The lowest BCUT2D eigenvalue weighted by Crippen LogP contribution is -2.35. The van der Waals surface area contributed by atoms with E-state index in [2.05, 4.69) is 11.0 Å². The molecule has 15 heavy (non-hydrogen) atoms. The maximum atomic E-state index is 5.97. The fourth-order valence-electron chi connectivity index (χ4n) is 2.10. The van der Waals surface area contributed by atoms with Crippen LogP contribution in [0.1, 0.15) is 12.8 Å². The summed E-state index contributed by atoms with van der Waals surface area (Å²) in [6.45, 7) is 3.02. The maximum Gasteiger partial charge on any atom is 0.0426 e. The van der Waals surface area contributed by atoms with E-state index >= 15 is 0 Å². The number of anilines is 1. The first-order valence-electron chi connectivity index (χ1n) is 5.50. The van der Waals surface area contributed by atoms with E-state index in [1.54, 1.807) is 0 Å². The lowest BCUT2D eigenvalue weighted by atomic mass is 9.97. The van der Waals surface area contributed by atoms with Crippen molar-refractivity contribution in [2.75, 3.05) is 24.5 Å². The van der Waals surface area contributed by atoms with E-state index in [1.807, 2.05) is 18.2 Å². The van der Waals surface area contributed by atoms with Crippen LogP contribution in [0.4, 0.5) is 5.69 Å². The zero-order valence-electron chi connectivity index (χ0n) is 8.82. The highest BCUT2D eigenvalue weighted by Gasteiger charge is 2.17. The van der Waals surface area contributed by atoms with Crippen molar-refractivity contribution in [1.29, 1.82) is 0 Å². The molecular formula is C12H17ClN2. The maximum absolute atomic E-state index is 5.97. The van der Waals surface area contributed by atoms with Gasteiger partial charge in [0.15, 0.2) is 0 Å². The summed E-state index contributed by atoms with van der Waals surface area (Å²) in [6, 6.07) is 8.07. The molecule has 0 radical (unpaired) electrons. The highest BCUT2D eigenvalue weighted by molar-refractivity contribution is 6.30. The molecule has 1 fully saturated rings. The van der Waals surface area contributed by atoms with Crippen molar-refractivity contribution in [3.8, 4) is 0 Å². The van der Waals surface area contributed by atoms with E-state index in [9.17, 15) is 0 Å². The fraction of sp³-hybridized carbons (Fsp3) is 0.500. The Kier molecular flexibility index (Phi) is 3.49. The topological polar surface area (TPSA) is 29.3 Å². The Morgan fingerprint density at radius 3 is 2.67 bits per heavy atom. The summed E-state index contributed by atoms with van der Waals surface area (Å²) in [5, 5.41) is 0.813. The third-order valence-electron chi connectivity index (χ3n) is 3.12. The Bertz CT molecular complexity index is 319. The Hall–Kier alpha value is -0.730. The van der Waals surface area contributed by atoms with Crippen molar-refractivity contribution in [3.05, 3.63) is 29.3 Å². The summed E-state index contributed by atoms with van der Waals surface area (Å²) >= 11 is 5.97. The molecule has 0 spiro atoms. The second-order valence-corrected chi connectivity index (χ2v) is 4.58. The van der Waals surface area contributed by atoms with Gasteiger partial charge in [0.25, 0.3) is 0 Å². The lowest BCUT2D eigenvalue weighted by molar-refractivity contribution is 0.414. The van der Waals surface area contributed by atoms with E-state index in [0.29, 0.717) is 5.92 Å². The molecule has 1 heterocycles. The van der Waals surface area contributed by atoms with E-state index in [-0.39, 0.29) is 0 Å². The van der Waals surface area contributed by atoms with Crippen molar-refractivity contribution < 1.29 is 0 Å². The number of piperidine rings is 1. The molecule has 1 aliphatic rings. The summed E-state index contributed by atoms with van der Waals surface area (Å²) in [4.78, 5) is 2.39. The largest absolute Gasteiger partial charge is 0.371 e. The first-order valence-corrected chi connectivity index (χ1v) is 5.88. The fourth-order valence-corrected chi connectivity index (χ4v) is 2.28. The number of nitrogens with zero attached hydrogens (tertiary/aromatic N) is 1. The minimum absolute atomic E-state index is 0.709. The first-order chi connectivity index (χ1) is 7.29. The molecule has 3 heteroatoms. The smallest absolute Gasteiger partial charge is 0.0426 e. The zero-order valence-corrected chi connectivity index (χ0v) is 9.58. The van der Waals surface area contributed by atoms with Gasteiger partial charge in [0.2, 0.25) is 0 Å². The van der Waals surface area contributed by atoms with Crippen LogP contribution in [0.5, 0.6) is 0 Å². The second-order valence-electron chi connectivity index (χ2n) is 4.15. The molecule has 0 amide bonds. The summed E-state index contributed by atoms with van der Waals surface area (Å²) in [6.07, 6.45) is 2.39. The number of benzene rings is 1. The SMILES string of the molecule is NCC1CCN(c2cccc(Cl)c2)CC1. The van der Waals surface area contributed by atoms with Crippen LogP contribution < -0.4 is 10.6 Å². The second kappa shape index (κ2) is 4.86. The van der Waals surface area contributed by atoms with Gasteiger partial charge in [-0.3, -0.25) is 0 Å². The number of halogens is 1. The molecule has 0 atom stereocenters. The average molecular weight is 225 g/mol. The van der Waals surface area contributed by atoms with Crippen LogP contribution in [0, 0.1) is 5.92 Å². The highest BCUT2D eigenvalue weighted by atomic mass is 35.5. The molecule has 2 nitrogen and oxygen atoms in total. The number of nitrogens with two attached hydrogens (primary N) is 1. The van der Waals surface area contributed by atoms with Gasteiger partial charge in [-0.05, 0) is 43.5 Å². The summed E-state index contributed by atoms with van der Waals surface area (Å²) in [7, 11) is 0. The van der Waals surface area contributed by atoms with Crippen LogP contribution in [0.2, 0.25) is 5.02 Å². The molecule has 1 aromatic carbocycles. The summed E-state index contributed by atoms with van der Waals surface area (Å²) in [5.41, 5.74) is 6.91. The normalized spacial score (nSPS) is 18.1. The van der Waals surface area contributed by atoms with Crippen LogP contribution in [-0.2, 0) is 0 Å². The van der Waals surface area contributed by atoms with E-state index in [1.165, 1.54) is 18.5 Å². The van der Waals surface area contributed by atoms with Gasteiger partial charge in [0.1, 0.15) is 0 Å². The van der Waals surface area contributed by atoms with Crippen LogP contribution >= 0.6 is 11.6 Å². The van der Waals surface area contributed by atoms with Crippen molar-refractivity contribution in [3.63, 3.8) is 0 Å². The molecule has 0 saturated carbocycles. The van der Waals surface area contributed by atoms with Gasteiger partial charge in [0.05, 0.1) is 0 Å². The third-order valence-corrected chi connectivity index (χ3v) is 3.36. The zero-order chi connectivity index (χ0) is 10.7. The minimum atomic E-state index is 0.709. The number of hydrogen-bond acceptors (Lipinski definition) is 2. The van der Waals surface area contributed by atoms with Gasteiger partial charge in [0, 0.05) is 23.8 Å². The Morgan fingerprint density at radius 1 is 1.33 bits per heavy atom. The Labute approximate surface area is 96.0 Å². The first kappa shape index (κ1) is 10.8. The highest BCUT2D eigenvalue weighted by Crippen LogP contribution is 2.24. The molecule has 2 N–H and O–H groups in total. The van der Waals surface area contributed by atoms with Crippen LogP contribution in [0.15, 0.2) is 24.3 Å². The van der Waals surface area contributed by atoms with Crippen molar-refractivity contribution in [2.45, 2.75) is 12.8 Å². The molecule has 82 valence electrons. The van der Waals surface area contributed by atoms with Gasteiger partial charge >= 0.3 is 0 Å². The van der Waals surface area contributed by atoms with E-state index in [0.717, 1.165) is 24.7 Å². The predicted octanol–water partition coefficient (Wildman–Crippen LogP) is 2.52. The predicted molar refractivity (Wildman–Crippen MR) is 65.4 cm³/mol. The van der Waals surface area contributed by atoms with Gasteiger partial charge < -0.3 is 10.6 Å². The Balaban J connectivity index is 2.01. The van der Waals surface area contributed by atoms with E-state index in [4.69, 9.17) is 17.3 Å². The molecule has 0 aliphatic carbocycles. The van der Waals surface area contributed by atoms with Gasteiger partial charge in [-0.15, -0.1) is 0 Å². The summed E-state index contributed by atoms with van der Waals surface area (Å²) in [5.74, 6) is 0.709. The van der Waals surface area contributed by atoms with Gasteiger partial charge in [-0.1, -0.05) is 17.7 Å². The molecular weight excluding hydrogens is 208 g/mol. The van der Waals surface area contributed by atoms with Crippen LogP contribution in [-0.4, -0.2) is 19.6 Å². The van der Waals surface area contributed by atoms with Gasteiger partial charge in [-0.2, -0.15) is 0 Å². The molecule has 0 bridgehead atoms. The molecule has 0 aromatic heterocycles. The minimum Gasteiger partial charge on any atom is -0.371 e. The lowest BCUT2D eigenvalue weighted by Gasteiger charge is -2.33. The van der Waals surface area contributed by atoms with E-state index < -0.39 is 0 Å². The molecule has 1 aliphatic heterocycles. The number of rotatable bonds is 2. The molecule has 1 aromatic rings. The molecule has 0 unspecified atom stereocenters. The number of hydrogen-bond donors (Lipinski definition) is 1. The van der Waals surface area contributed by atoms with Crippen LogP contribution in [0.3, 0.4) is 0 Å². The van der Waals surface area contributed by atoms with Crippen molar-refractivity contribution in [2.24, 2.45) is 11.7 Å². The van der Waals surface area contributed by atoms with Crippen molar-refractivity contribution in [1.82, 2.24) is 0 Å². The quantitative estimate of drug-likeness (QED) is 0.837. The average Bonchev–Trinajstić information content (AvgIpc) is 2.29. The van der Waals surface area contributed by atoms with Crippen LogP contribution in [0.25, 0.3) is 0 Å². The van der Waals surface area contributed by atoms with Crippen molar-refractivity contribution >= 4 is 17.3 Å². The Morgan fingerprint density at radius 2 is 2.07 bits per heavy atom.